The van der Waals surface area contributed by atoms with E-state index in [2.05, 4.69) is 15.0 Å². The lowest BCUT2D eigenvalue weighted by molar-refractivity contribution is -0.141. The van der Waals surface area contributed by atoms with Crippen molar-refractivity contribution in [2.45, 2.75) is 19.4 Å². The molecule has 0 spiro atoms. The summed E-state index contributed by atoms with van der Waals surface area (Å²) in [4.78, 5) is 39.5. The van der Waals surface area contributed by atoms with Gasteiger partial charge in [-0.05, 0) is 19.1 Å². The molecular weight excluding hydrogens is 274 g/mol. The van der Waals surface area contributed by atoms with Crippen LogP contribution in [0.25, 0.3) is 5.65 Å². The number of hydrogen-bond donors (Lipinski definition) is 1. The molecule has 0 aliphatic carbocycles. The molecule has 0 aliphatic heterocycles. The molecule has 7 heteroatoms. The van der Waals surface area contributed by atoms with Gasteiger partial charge in [-0.3, -0.25) is 18.8 Å². The number of nitrogens with zero attached hydrogens (tertiary/aromatic N) is 2. The zero-order valence-electron chi connectivity index (χ0n) is 11.7. The second kappa shape index (κ2) is 6.17. The van der Waals surface area contributed by atoms with Crippen LogP contribution in [0.2, 0.25) is 0 Å². The van der Waals surface area contributed by atoms with E-state index in [9.17, 15) is 14.4 Å². The number of hydrogen-bond acceptors (Lipinski definition) is 5. The molecule has 21 heavy (non-hydrogen) atoms. The summed E-state index contributed by atoms with van der Waals surface area (Å²) >= 11 is 0. The lowest BCUT2D eigenvalue weighted by Gasteiger charge is -2.12. The quantitative estimate of drug-likeness (QED) is 0.822. The van der Waals surface area contributed by atoms with E-state index < -0.39 is 23.5 Å². The van der Waals surface area contributed by atoms with Crippen molar-refractivity contribution >= 4 is 17.5 Å². The average molecular weight is 289 g/mol. The second-order valence-electron chi connectivity index (χ2n) is 4.56. The Morgan fingerprint density at radius 3 is 2.90 bits per heavy atom. The van der Waals surface area contributed by atoms with Gasteiger partial charge in [0.15, 0.2) is 0 Å². The summed E-state index contributed by atoms with van der Waals surface area (Å²) in [7, 11) is 1.27. The van der Waals surface area contributed by atoms with E-state index in [1.54, 1.807) is 31.3 Å². The van der Waals surface area contributed by atoms with Crippen molar-refractivity contribution in [1.82, 2.24) is 14.7 Å². The molecular formula is C14H15N3O4. The van der Waals surface area contributed by atoms with Gasteiger partial charge in [0.1, 0.15) is 11.2 Å². The van der Waals surface area contributed by atoms with Crippen LogP contribution in [0.3, 0.4) is 0 Å². The van der Waals surface area contributed by atoms with Crippen LogP contribution in [0.1, 0.15) is 23.7 Å². The highest BCUT2D eigenvalue weighted by molar-refractivity contribution is 5.94. The van der Waals surface area contributed by atoms with Crippen LogP contribution in [0, 0.1) is 0 Å². The van der Waals surface area contributed by atoms with Crippen LogP contribution in [-0.4, -0.2) is 34.4 Å². The smallest absolute Gasteiger partial charge is 0.307 e. The first-order valence-corrected chi connectivity index (χ1v) is 6.37. The van der Waals surface area contributed by atoms with Crippen molar-refractivity contribution < 1.29 is 14.3 Å². The summed E-state index contributed by atoms with van der Waals surface area (Å²) in [5.74, 6) is -1.00. The van der Waals surface area contributed by atoms with Gasteiger partial charge >= 0.3 is 5.97 Å². The molecule has 0 fully saturated rings. The fraction of sp³-hybridized carbons (Fsp3) is 0.286. The molecule has 0 aromatic carbocycles. The summed E-state index contributed by atoms with van der Waals surface area (Å²) in [5.41, 5.74) is -0.0690. The van der Waals surface area contributed by atoms with E-state index in [1.807, 2.05) is 0 Å². The number of amides is 1. The molecule has 2 rings (SSSR count). The van der Waals surface area contributed by atoms with Crippen LogP contribution in [0.5, 0.6) is 0 Å². The van der Waals surface area contributed by atoms with Crippen LogP contribution >= 0.6 is 0 Å². The number of pyridine rings is 1. The number of aromatic nitrogens is 2. The lowest BCUT2D eigenvalue weighted by Crippen LogP contribution is -2.38. The number of fused-ring (bicyclic) bond motifs is 1. The second-order valence-corrected chi connectivity index (χ2v) is 4.56. The average Bonchev–Trinajstić information content (AvgIpc) is 2.47. The zero-order chi connectivity index (χ0) is 15.4. The summed E-state index contributed by atoms with van der Waals surface area (Å²) in [6, 6.07) is 4.65. The van der Waals surface area contributed by atoms with Gasteiger partial charge in [0, 0.05) is 18.4 Å². The van der Waals surface area contributed by atoms with Crippen LogP contribution < -0.4 is 10.9 Å². The largest absolute Gasteiger partial charge is 0.469 e. The van der Waals surface area contributed by atoms with E-state index in [-0.39, 0.29) is 12.0 Å². The fourth-order valence-corrected chi connectivity index (χ4v) is 1.87. The Labute approximate surface area is 120 Å². The number of esters is 1. The predicted octanol–water partition coefficient (Wildman–Crippen LogP) is 0.376. The minimum atomic E-state index is -0.567. The number of carbonyl (C=O) groups excluding carboxylic acids is 2. The summed E-state index contributed by atoms with van der Waals surface area (Å²) in [5, 5.41) is 2.57. The first kappa shape index (κ1) is 14.7. The van der Waals surface area contributed by atoms with Crippen LogP contribution in [-0.2, 0) is 9.53 Å². The summed E-state index contributed by atoms with van der Waals surface area (Å²) in [6.45, 7) is 1.65. The van der Waals surface area contributed by atoms with E-state index in [1.165, 1.54) is 17.7 Å². The van der Waals surface area contributed by atoms with Crippen molar-refractivity contribution in [3.63, 3.8) is 0 Å². The van der Waals surface area contributed by atoms with Crippen molar-refractivity contribution in [3.8, 4) is 0 Å². The Bertz CT molecular complexity index is 738. The van der Waals surface area contributed by atoms with Gasteiger partial charge in [-0.2, -0.15) is 0 Å². The maximum absolute atomic E-state index is 12.2. The molecule has 2 heterocycles. The number of carbonyl (C=O) groups is 2. The topological polar surface area (TPSA) is 89.8 Å². The summed E-state index contributed by atoms with van der Waals surface area (Å²) in [6.07, 6.45) is 2.81. The number of nitrogens with one attached hydrogen (secondary N) is 1. The Morgan fingerprint density at radius 1 is 1.43 bits per heavy atom. The zero-order valence-corrected chi connectivity index (χ0v) is 11.7. The molecule has 2 aromatic rings. The molecule has 1 amide bonds. The Hall–Kier alpha value is -2.70. The molecule has 0 bridgehead atoms. The molecule has 0 unspecified atom stereocenters. The monoisotopic (exact) mass is 289 g/mol. The Balaban J connectivity index is 2.22. The first-order valence-electron chi connectivity index (χ1n) is 6.37. The minimum absolute atomic E-state index is 0.0323. The van der Waals surface area contributed by atoms with Crippen molar-refractivity contribution in [2.75, 3.05) is 7.11 Å². The SMILES string of the molecule is COC(=O)C[C@@H](C)NC(=O)c1cnc2ccccn2c1=O. The molecule has 0 saturated heterocycles. The predicted molar refractivity (Wildman–Crippen MR) is 75.0 cm³/mol. The van der Waals surface area contributed by atoms with Crippen molar-refractivity contribution in [1.29, 1.82) is 0 Å². The number of methoxy groups -OCH3 is 1. The molecule has 1 N–H and O–H groups in total. The van der Waals surface area contributed by atoms with Gasteiger partial charge in [-0.1, -0.05) is 6.07 Å². The molecule has 0 saturated carbocycles. The van der Waals surface area contributed by atoms with Crippen LogP contribution in [0.4, 0.5) is 0 Å². The highest BCUT2D eigenvalue weighted by atomic mass is 16.5. The maximum atomic E-state index is 12.2. The molecule has 7 nitrogen and oxygen atoms in total. The van der Waals surface area contributed by atoms with Gasteiger partial charge in [0.2, 0.25) is 0 Å². The Morgan fingerprint density at radius 2 is 2.19 bits per heavy atom. The third-order valence-electron chi connectivity index (χ3n) is 2.94. The minimum Gasteiger partial charge on any atom is -0.469 e. The van der Waals surface area contributed by atoms with Crippen molar-refractivity contribution in [3.05, 3.63) is 46.5 Å². The molecule has 0 radical (unpaired) electrons. The molecule has 110 valence electrons. The van der Waals surface area contributed by atoms with E-state index in [0.29, 0.717) is 5.65 Å². The molecule has 0 aliphatic rings. The van der Waals surface area contributed by atoms with Gasteiger partial charge in [-0.25, -0.2) is 4.98 Å². The first-order chi connectivity index (χ1) is 10.0. The van der Waals surface area contributed by atoms with Crippen LogP contribution in [0.15, 0.2) is 35.4 Å². The van der Waals surface area contributed by atoms with Crippen molar-refractivity contribution in [2.24, 2.45) is 0 Å². The van der Waals surface area contributed by atoms with E-state index in [4.69, 9.17) is 0 Å². The summed E-state index contributed by atoms with van der Waals surface area (Å²) < 4.78 is 5.81. The van der Waals surface area contributed by atoms with Gasteiger partial charge in [0.05, 0.1) is 13.5 Å². The third-order valence-corrected chi connectivity index (χ3v) is 2.94. The van der Waals surface area contributed by atoms with E-state index >= 15 is 0 Å². The fourth-order valence-electron chi connectivity index (χ4n) is 1.87. The molecule has 2 aromatic heterocycles. The highest BCUT2D eigenvalue weighted by Gasteiger charge is 2.17. The van der Waals surface area contributed by atoms with Gasteiger partial charge < -0.3 is 10.1 Å². The highest BCUT2D eigenvalue weighted by Crippen LogP contribution is 1.99. The van der Waals surface area contributed by atoms with Gasteiger partial charge in [0.25, 0.3) is 11.5 Å². The van der Waals surface area contributed by atoms with Gasteiger partial charge in [-0.15, -0.1) is 0 Å². The molecule has 1 atom stereocenters. The lowest BCUT2D eigenvalue weighted by atomic mass is 10.2. The number of ether oxygens (including phenoxy) is 1. The standard InChI is InChI=1S/C14H15N3O4/c1-9(7-12(18)21-2)16-13(19)10-8-15-11-5-3-4-6-17(11)14(10)20/h3-6,8-9H,7H2,1-2H3,(H,16,19)/t9-/m1/s1. The third kappa shape index (κ3) is 3.25. The number of rotatable bonds is 4. The normalized spacial score (nSPS) is 11.9. The maximum Gasteiger partial charge on any atom is 0.307 e. The Kier molecular flexibility index (Phi) is 4.32. The van der Waals surface area contributed by atoms with E-state index in [0.717, 1.165) is 0 Å².